The monoisotopic (exact) mass is 649 g/mol. The summed E-state index contributed by atoms with van der Waals surface area (Å²) in [5.41, 5.74) is -0.370. The van der Waals surface area contributed by atoms with Gasteiger partial charge in [-0.25, -0.2) is 13.6 Å². The fourth-order valence-corrected chi connectivity index (χ4v) is 5.52. The third-order valence-corrected chi connectivity index (χ3v) is 8.38. The smallest absolute Gasteiger partial charge is 0.415 e. The molecule has 2 heterocycles. The summed E-state index contributed by atoms with van der Waals surface area (Å²) < 4.78 is 45.6. The maximum atomic E-state index is 15.3. The van der Waals surface area contributed by atoms with Gasteiger partial charge >= 0.3 is 6.09 Å². The van der Waals surface area contributed by atoms with Gasteiger partial charge in [0.25, 0.3) is 0 Å². The van der Waals surface area contributed by atoms with Gasteiger partial charge in [-0.15, -0.1) is 0 Å². The fourth-order valence-electron chi connectivity index (χ4n) is 5.52. The van der Waals surface area contributed by atoms with Crippen molar-refractivity contribution in [2.45, 2.75) is 25.8 Å². The van der Waals surface area contributed by atoms with Crippen molar-refractivity contribution in [2.75, 3.05) is 44.4 Å². The van der Waals surface area contributed by atoms with E-state index in [2.05, 4.69) is 20.5 Å². The van der Waals surface area contributed by atoms with Crippen LogP contribution in [0.15, 0.2) is 66.9 Å². The molecule has 47 heavy (non-hydrogen) atoms. The topological polar surface area (TPSA) is 122 Å². The van der Waals surface area contributed by atoms with Crippen molar-refractivity contribution in [3.8, 4) is 23.0 Å². The highest BCUT2D eigenvalue weighted by molar-refractivity contribution is 6.16. The Bertz CT molecular complexity index is 1860. The summed E-state index contributed by atoms with van der Waals surface area (Å²) in [5, 5.41) is 5.74. The number of methoxy groups -OCH3 is 1. The Morgan fingerprint density at radius 2 is 1.60 bits per heavy atom. The molecular weight excluding hydrogens is 612 g/mol. The summed E-state index contributed by atoms with van der Waals surface area (Å²) in [6.45, 7) is 3.95. The average Bonchev–Trinajstić information content (AvgIpc) is 3.86. The van der Waals surface area contributed by atoms with E-state index in [4.69, 9.17) is 14.2 Å². The zero-order chi connectivity index (χ0) is 33.3. The Balaban J connectivity index is 0.00000270. The summed E-state index contributed by atoms with van der Waals surface area (Å²) in [6, 6.07) is 13.8. The normalized spacial score (nSPS) is 17.1. The molecule has 13 heteroatoms. The van der Waals surface area contributed by atoms with Gasteiger partial charge in [0.1, 0.15) is 17.0 Å². The molecule has 2 fully saturated rings. The van der Waals surface area contributed by atoms with E-state index in [1.807, 2.05) is 14.0 Å². The summed E-state index contributed by atoms with van der Waals surface area (Å²) in [6.07, 6.45) is 1.64. The molecule has 6 rings (SSSR count). The number of hydrogen-bond donors (Lipinski definition) is 2. The van der Waals surface area contributed by atoms with Crippen molar-refractivity contribution in [3.63, 3.8) is 0 Å². The van der Waals surface area contributed by atoms with Crippen LogP contribution < -0.4 is 24.8 Å². The molecule has 4 aromatic rings. The number of hydrogen-bond acceptors (Lipinski definition) is 8. The highest BCUT2D eigenvalue weighted by Crippen LogP contribution is 2.47. The molecule has 2 aliphatic rings. The predicted molar refractivity (Wildman–Crippen MR) is 174 cm³/mol. The number of ether oxygens (including phenoxy) is 3. The van der Waals surface area contributed by atoms with E-state index in [-0.39, 0.29) is 37.6 Å². The number of fused-ring (bicyclic) bond motifs is 1. The van der Waals surface area contributed by atoms with Gasteiger partial charge in [0.2, 0.25) is 11.8 Å². The number of nitrogens with one attached hydrogen (secondary N) is 2. The lowest BCUT2D eigenvalue weighted by molar-refractivity contribution is -0.131. The maximum absolute atomic E-state index is 15.3. The molecule has 1 saturated heterocycles. The molecule has 1 saturated carbocycles. The van der Waals surface area contributed by atoms with Gasteiger partial charge in [-0.05, 0) is 75.3 Å². The van der Waals surface area contributed by atoms with Crippen LogP contribution >= 0.6 is 0 Å². The van der Waals surface area contributed by atoms with E-state index >= 15 is 4.39 Å². The van der Waals surface area contributed by atoms with E-state index in [1.54, 1.807) is 23.1 Å². The quantitative estimate of drug-likeness (QED) is 0.214. The largest absolute Gasteiger partial charge is 0.493 e. The fraction of sp³-hybridized carbons (Fsp3) is 0.294. The Kier molecular flexibility index (Phi) is 8.65. The van der Waals surface area contributed by atoms with Crippen LogP contribution in [0.2, 0.25) is 0 Å². The second-order valence-corrected chi connectivity index (χ2v) is 11.7. The molecule has 3 amide bonds. The molecule has 11 nitrogen and oxygen atoms in total. The molecular formula is C34H37F2N5O6. The molecule has 1 aliphatic carbocycles. The maximum Gasteiger partial charge on any atom is 0.415 e. The van der Waals surface area contributed by atoms with Crippen molar-refractivity contribution >= 4 is 40.2 Å². The molecule has 3 aromatic carbocycles. The SMILES string of the molecule is COc1cc2c(Oc3ccc(NC(=O)C4(C(=O)Nc5ccc(F)cc5)CC4)cc3F)ccnc2cc1OC(=O)N1CCN(C)C[C@H]1C.[HH].[HH]. The van der Waals surface area contributed by atoms with Crippen LogP contribution in [0.4, 0.5) is 25.0 Å². The molecule has 0 radical (unpaired) electrons. The Morgan fingerprint density at radius 3 is 2.26 bits per heavy atom. The lowest BCUT2D eigenvalue weighted by Gasteiger charge is -2.37. The number of likely N-dealkylation sites (N-methyl/N-ethyl adjacent to an activating group) is 1. The molecule has 1 aromatic heterocycles. The lowest BCUT2D eigenvalue weighted by atomic mass is 10.0. The molecule has 0 bridgehead atoms. The highest BCUT2D eigenvalue weighted by Gasteiger charge is 2.56. The molecule has 0 spiro atoms. The number of carbonyl (C=O) groups is 3. The van der Waals surface area contributed by atoms with E-state index in [0.717, 1.165) is 19.2 Å². The second-order valence-electron chi connectivity index (χ2n) is 11.7. The second kappa shape index (κ2) is 12.8. The van der Waals surface area contributed by atoms with Crippen molar-refractivity contribution in [3.05, 3.63) is 78.5 Å². The minimum absolute atomic E-state index is 0. The number of anilines is 2. The van der Waals surface area contributed by atoms with Gasteiger partial charge in [-0.1, -0.05) is 0 Å². The van der Waals surface area contributed by atoms with Crippen LogP contribution in [-0.2, 0) is 9.59 Å². The van der Waals surface area contributed by atoms with Crippen LogP contribution in [0.3, 0.4) is 0 Å². The molecule has 2 N–H and O–H groups in total. The van der Waals surface area contributed by atoms with Crippen molar-refractivity contribution in [1.29, 1.82) is 0 Å². The van der Waals surface area contributed by atoms with Crippen LogP contribution in [0, 0.1) is 17.0 Å². The number of rotatable bonds is 8. The Morgan fingerprint density at radius 1 is 0.894 bits per heavy atom. The summed E-state index contributed by atoms with van der Waals surface area (Å²) >= 11 is 0. The average molecular weight is 650 g/mol. The highest BCUT2D eigenvalue weighted by atomic mass is 19.1. The van der Waals surface area contributed by atoms with Crippen molar-refractivity contribution < 1.29 is 40.2 Å². The lowest BCUT2D eigenvalue weighted by Crippen LogP contribution is -2.53. The molecule has 1 atom stereocenters. The Hall–Kier alpha value is -5.30. The number of piperazine rings is 1. The summed E-state index contributed by atoms with van der Waals surface area (Å²) in [4.78, 5) is 47.1. The zero-order valence-electron chi connectivity index (χ0n) is 26.0. The van der Waals surface area contributed by atoms with Crippen molar-refractivity contribution in [2.24, 2.45) is 5.41 Å². The van der Waals surface area contributed by atoms with E-state index < -0.39 is 35.0 Å². The number of pyridine rings is 1. The zero-order valence-corrected chi connectivity index (χ0v) is 26.0. The van der Waals surface area contributed by atoms with Crippen LogP contribution in [0.1, 0.15) is 22.6 Å². The first-order valence-corrected chi connectivity index (χ1v) is 15.1. The number of nitrogens with zero attached hydrogens (tertiary/aromatic N) is 3. The van der Waals surface area contributed by atoms with Gasteiger partial charge < -0.3 is 34.6 Å². The predicted octanol–water partition coefficient (Wildman–Crippen LogP) is 6.30. The first kappa shape index (κ1) is 31.7. The van der Waals surface area contributed by atoms with Crippen LogP contribution in [-0.4, -0.2) is 72.5 Å². The standard InChI is InChI=1S/C34H33F2N5O6.2H2/c1-20-19-40(2)14-15-41(20)33(44)47-30-18-26-24(17-29(30)45-3)27(10-13-37-26)46-28-9-8-23(16-25(28)36)39-32(43)34(11-12-34)31(42)38-22-6-4-21(35)5-7-22;;/h4-10,13,16-18,20H,11-12,14-15,19H2,1-3H3,(H,38,42)(H,39,43);2*1H/t20-;;/m1../s1. The third kappa shape index (κ3) is 6.66. The Labute approximate surface area is 272 Å². The van der Waals surface area contributed by atoms with Gasteiger partial charge in [-0.3, -0.25) is 14.6 Å². The van der Waals surface area contributed by atoms with E-state index in [0.29, 0.717) is 36.0 Å². The number of carbonyl (C=O) groups excluding carboxylic acids is 3. The number of halogens is 2. The minimum atomic E-state index is -1.30. The third-order valence-electron chi connectivity index (χ3n) is 8.38. The summed E-state index contributed by atoms with van der Waals surface area (Å²) in [5.74, 6) is -1.70. The van der Waals surface area contributed by atoms with E-state index in [9.17, 15) is 18.8 Å². The summed E-state index contributed by atoms with van der Waals surface area (Å²) in [7, 11) is 3.44. The van der Waals surface area contributed by atoms with E-state index in [1.165, 1.54) is 49.7 Å². The first-order chi connectivity index (χ1) is 22.6. The molecule has 1 aliphatic heterocycles. The number of aromatic nitrogens is 1. The van der Waals surface area contributed by atoms with Gasteiger partial charge in [0.15, 0.2) is 23.1 Å². The first-order valence-electron chi connectivity index (χ1n) is 15.1. The van der Waals surface area contributed by atoms with Gasteiger partial charge in [0.05, 0.1) is 12.6 Å². The van der Waals surface area contributed by atoms with Crippen molar-refractivity contribution in [1.82, 2.24) is 14.8 Å². The number of benzene rings is 3. The van der Waals surface area contributed by atoms with Crippen LogP contribution in [0.25, 0.3) is 10.9 Å². The van der Waals surface area contributed by atoms with Gasteiger partial charge in [0, 0.05) is 63.6 Å². The number of amides is 3. The van der Waals surface area contributed by atoms with Gasteiger partial charge in [-0.2, -0.15) is 0 Å². The minimum Gasteiger partial charge on any atom is -0.493 e. The molecule has 248 valence electrons. The van der Waals surface area contributed by atoms with Crippen LogP contribution in [0.5, 0.6) is 23.0 Å². The molecule has 0 unspecified atom stereocenters.